The van der Waals surface area contributed by atoms with Crippen LogP contribution in [-0.2, 0) is 6.54 Å². The van der Waals surface area contributed by atoms with E-state index in [-0.39, 0.29) is 10.6 Å². The minimum atomic E-state index is -0.370. The summed E-state index contributed by atoms with van der Waals surface area (Å²) in [5, 5.41) is 11.0. The Kier molecular flexibility index (Phi) is 6.55. The van der Waals surface area contributed by atoms with Crippen molar-refractivity contribution in [2.45, 2.75) is 19.4 Å². The molecule has 0 amide bonds. The molecular formula is C17H25N3O3. The fourth-order valence-electron chi connectivity index (χ4n) is 2.81. The van der Waals surface area contributed by atoms with E-state index in [1.165, 1.54) is 18.9 Å². The molecule has 0 aromatic heterocycles. The number of nitrogens with zero attached hydrogens (tertiary/aromatic N) is 3. The molecular weight excluding hydrogens is 294 g/mol. The van der Waals surface area contributed by atoms with Gasteiger partial charge in [0.1, 0.15) is 12.4 Å². The first-order valence-electron chi connectivity index (χ1n) is 8.02. The third-order valence-electron chi connectivity index (χ3n) is 4.00. The first-order valence-corrected chi connectivity index (χ1v) is 8.02. The van der Waals surface area contributed by atoms with Gasteiger partial charge in [0.15, 0.2) is 0 Å². The summed E-state index contributed by atoms with van der Waals surface area (Å²) in [7, 11) is 1.95. The van der Waals surface area contributed by atoms with E-state index in [1.807, 2.05) is 18.0 Å². The number of rotatable bonds is 9. The first-order chi connectivity index (χ1) is 11.1. The van der Waals surface area contributed by atoms with Crippen LogP contribution in [0.25, 0.3) is 0 Å². The molecule has 0 N–H and O–H groups in total. The van der Waals surface area contributed by atoms with Gasteiger partial charge in [-0.15, -0.1) is 6.58 Å². The summed E-state index contributed by atoms with van der Waals surface area (Å²) in [5.74, 6) is 0.728. The molecule has 0 radical (unpaired) electrons. The Morgan fingerprint density at radius 2 is 2.17 bits per heavy atom. The summed E-state index contributed by atoms with van der Waals surface area (Å²) in [4.78, 5) is 15.0. The van der Waals surface area contributed by atoms with Gasteiger partial charge in [-0.25, -0.2) is 0 Å². The number of likely N-dealkylation sites (tertiary alicyclic amines) is 1. The van der Waals surface area contributed by atoms with Gasteiger partial charge < -0.3 is 4.74 Å². The summed E-state index contributed by atoms with van der Waals surface area (Å²) >= 11 is 0. The van der Waals surface area contributed by atoms with Crippen molar-refractivity contribution in [2.24, 2.45) is 0 Å². The van der Waals surface area contributed by atoms with E-state index in [9.17, 15) is 10.1 Å². The van der Waals surface area contributed by atoms with Gasteiger partial charge in [0, 0.05) is 37.3 Å². The van der Waals surface area contributed by atoms with Crippen molar-refractivity contribution < 1.29 is 9.66 Å². The van der Waals surface area contributed by atoms with Crippen LogP contribution in [0.15, 0.2) is 30.9 Å². The van der Waals surface area contributed by atoms with Gasteiger partial charge in [0.2, 0.25) is 0 Å². The minimum Gasteiger partial charge on any atom is -0.492 e. The average Bonchev–Trinajstić information content (AvgIpc) is 3.02. The molecule has 0 aliphatic carbocycles. The number of non-ortho nitro benzene ring substituents is 1. The second-order valence-electron chi connectivity index (χ2n) is 5.93. The van der Waals surface area contributed by atoms with Crippen LogP contribution in [0, 0.1) is 10.1 Å². The molecule has 0 bridgehead atoms. The fourth-order valence-corrected chi connectivity index (χ4v) is 2.81. The average molecular weight is 319 g/mol. The highest BCUT2D eigenvalue weighted by Crippen LogP contribution is 2.25. The van der Waals surface area contributed by atoms with Crippen molar-refractivity contribution in [3.63, 3.8) is 0 Å². The Morgan fingerprint density at radius 3 is 2.83 bits per heavy atom. The zero-order chi connectivity index (χ0) is 16.7. The second kappa shape index (κ2) is 8.64. The van der Waals surface area contributed by atoms with Crippen molar-refractivity contribution >= 4 is 5.69 Å². The van der Waals surface area contributed by atoms with Crippen molar-refractivity contribution in [2.75, 3.05) is 39.8 Å². The highest BCUT2D eigenvalue weighted by molar-refractivity contribution is 5.43. The van der Waals surface area contributed by atoms with E-state index < -0.39 is 0 Å². The predicted octanol–water partition coefficient (Wildman–Crippen LogP) is 2.69. The van der Waals surface area contributed by atoms with Crippen molar-refractivity contribution in [1.82, 2.24) is 9.80 Å². The van der Waals surface area contributed by atoms with E-state index in [1.54, 1.807) is 12.1 Å². The van der Waals surface area contributed by atoms with E-state index >= 15 is 0 Å². The monoisotopic (exact) mass is 319 g/mol. The van der Waals surface area contributed by atoms with Crippen molar-refractivity contribution in [1.29, 1.82) is 0 Å². The molecule has 6 nitrogen and oxygen atoms in total. The van der Waals surface area contributed by atoms with Crippen LogP contribution in [0.2, 0.25) is 0 Å². The van der Waals surface area contributed by atoms with Crippen LogP contribution in [0.1, 0.15) is 18.4 Å². The molecule has 1 aliphatic rings. The molecule has 1 aromatic carbocycles. The van der Waals surface area contributed by atoms with Gasteiger partial charge in [-0.05, 0) is 39.0 Å². The number of likely N-dealkylation sites (N-methyl/N-ethyl adjacent to an activating group) is 1. The quantitative estimate of drug-likeness (QED) is 0.398. The Labute approximate surface area is 137 Å². The van der Waals surface area contributed by atoms with Crippen LogP contribution < -0.4 is 4.74 Å². The Bertz CT molecular complexity index is 542. The Morgan fingerprint density at radius 1 is 1.43 bits per heavy atom. The largest absolute Gasteiger partial charge is 0.492 e. The third kappa shape index (κ3) is 5.33. The second-order valence-corrected chi connectivity index (χ2v) is 5.93. The van der Waals surface area contributed by atoms with Gasteiger partial charge in [-0.1, -0.05) is 6.08 Å². The summed E-state index contributed by atoms with van der Waals surface area (Å²) in [6, 6.07) is 4.81. The van der Waals surface area contributed by atoms with Gasteiger partial charge in [-0.3, -0.25) is 19.9 Å². The van der Waals surface area contributed by atoms with Gasteiger partial charge in [0.05, 0.1) is 4.92 Å². The Balaban J connectivity index is 2.02. The highest BCUT2D eigenvalue weighted by atomic mass is 16.6. The number of benzene rings is 1. The lowest BCUT2D eigenvalue weighted by Gasteiger charge is -2.19. The maximum atomic E-state index is 11.0. The smallest absolute Gasteiger partial charge is 0.270 e. The molecule has 0 unspecified atom stereocenters. The molecule has 126 valence electrons. The molecule has 1 aromatic rings. The lowest BCUT2D eigenvalue weighted by molar-refractivity contribution is -0.385. The van der Waals surface area contributed by atoms with E-state index in [0.717, 1.165) is 37.5 Å². The van der Waals surface area contributed by atoms with Crippen LogP contribution >= 0.6 is 0 Å². The highest BCUT2D eigenvalue weighted by Gasteiger charge is 2.15. The number of ether oxygens (including phenoxy) is 1. The lowest BCUT2D eigenvalue weighted by Crippen LogP contribution is -2.25. The van der Waals surface area contributed by atoms with Crippen molar-refractivity contribution in [3.05, 3.63) is 46.5 Å². The summed E-state index contributed by atoms with van der Waals surface area (Å²) in [5.41, 5.74) is 0.934. The zero-order valence-electron chi connectivity index (χ0n) is 13.7. The standard InChI is InChI=1S/C17H25N3O3/c1-3-8-18(2)14-15-13-16(20(21)22)6-7-17(15)23-12-11-19-9-4-5-10-19/h3,6-7,13H,1,4-5,8-12,14H2,2H3. The maximum absolute atomic E-state index is 11.0. The van der Waals surface area contributed by atoms with Gasteiger partial charge in [-0.2, -0.15) is 0 Å². The Hall–Kier alpha value is -1.92. The fraction of sp³-hybridized carbons (Fsp3) is 0.529. The van der Waals surface area contributed by atoms with Gasteiger partial charge in [0.25, 0.3) is 5.69 Å². The van der Waals surface area contributed by atoms with Crippen LogP contribution in [-0.4, -0.2) is 54.6 Å². The molecule has 1 saturated heterocycles. The van der Waals surface area contributed by atoms with Crippen molar-refractivity contribution in [3.8, 4) is 5.75 Å². The molecule has 1 aliphatic heterocycles. The molecule has 0 spiro atoms. The lowest BCUT2D eigenvalue weighted by atomic mass is 10.1. The topological polar surface area (TPSA) is 58.9 Å². The summed E-state index contributed by atoms with van der Waals surface area (Å²) < 4.78 is 5.90. The SMILES string of the molecule is C=CCN(C)Cc1cc([N+](=O)[O-])ccc1OCCN1CCCC1. The van der Waals surface area contributed by atoms with Crippen LogP contribution in [0.5, 0.6) is 5.75 Å². The predicted molar refractivity (Wildman–Crippen MR) is 90.8 cm³/mol. The zero-order valence-corrected chi connectivity index (χ0v) is 13.7. The van der Waals surface area contributed by atoms with E-state index in [2.05, 4.69) is 11.5 Å². The van der Waals surface area contributed by atoms with Gasteiger partial charge >= 0.3 is 0 Å². The van der Waals surface area contributed by atoms with E-state index in [0.29, 0.717) is 13.2 Å². The van der Waals surface area contributed by atoms with Crippen LogP contribution in [0.3, 0.4) is 0 Å². The molecule has 1 fully saturated rings. The molecule has 2 rings (SSSR count). The number of nitro benzene ring substituents is 1. The summed E-state index contributed by atoms with van der Waals surface area (Å²) in [6.07, 6.45) is 4.33. The molecule has 0 saturated carbocycles. The number of nitro groups is 1. The molecule has 6 heteroatoms. The molecule has 0 atom stereocenters. The number of hydrogen-bond acceptors (Lipinski definition) is 5. The summed E-state index contributed by atoms with van der Waals surface area (Å²) in [6.45, 7) is 8.81. The normalized spacial score (nSPS) is 15.0. The first kappa shape index (κ1) is 17.4. The van der Waals surface area contributed by atoms with E-state index in [4.69, 9.17) is 4.74 Å². The maximum Gasteiger partial charge on any atom is 0.270 e. The number of hydrogen-bond donors (Lipinski definition) is 0. The minimum absolute atomic E-state index is 0.0962. The van der Waals surface area contributed by atoms with Crippen LogP contribution in [0.4, 0.5) is 5.69 Å². The molecule has 23 heavy (non-hydrogen) atoms. The third-order valence-corrected chi connectivity index (χ3v) is 4.00. The molecule has 1 heterocycles.